The van der Waals surface area contributed by atoms with Crippen LogP contribution >= 0.6 is 0 Å². The molecule has 0 spiro atoms. The fourth-order valence-electron chi connectivity index (χ4n) is 5.32. The average Bonchev–Trinajstić information content (AvgIpc) is 2.93. The van der Waals surface area contributed by atoms with E-state index in [0.717, 1.165) is 53.0 Å². The summed E-state index contributed by atoms with van der Waals surface area (Å²) in [6.07, 6.45) is -0.925. The van der Waals surface area contributed by atoms with Crippen molar-refractivity contribution in [3.8, 4) is 34.3 Å². The van der Waals surface area contributed by atoms with Gasteiger partial charge in [0.1, 0.15) is 6.61 Å². The fourth-order valence-corrected chi connectivity index (χ4v) is 5.32. The summed E-state index contributed by atoms with van der Waals surface area (Å²) < 4.78 is 65.7. The zero-order valence-electron chi connectivity index (χ0n) is 22.1. The molecule has 9 heteroatoms. The van der Waals surface area contributed by atoms with Crippen LogP contribution < -0.4 is 47.5 Å². The summed E-state index contributed by atoms with van der Waals surface area (Å²) in [5.41, 5.74) is 3.80. The first-order valence-electron chi connectivity index (χ1n) is 12.4. The molecule has 0 N–H and O–H groups in total. The third-order valence-corrected chi connectivity index (χ3v) is 7.10. The topological polar surface area (TPSA) is 40.8 Å². The van der Waals surface area contributed by atoms with Gasteiger partial charge in [-0.15, -0.1) is 0 Å². The van der Waals surface area contributed by atoms with E-state index in [0.29, 0.717) is 23.0 Å². The number of aromatic nitrogens is 1. The number of rotatable bonds is 7. The van der Waals surface area contributed by atoms with Crippen LogP contribution in [0.5, 0.6) is 23.0 Å². The Morgan fingerprint density at radius 3 is 2.23 bits per heavy atom. The lowest BCUT2D eigenvalue weighted by Crippen LogP contribution is -3.00. The first-order chi connectivity index (χ1) is 18.3. The Morgan fingerprint density at radius 1 is 0.872 bits per heavy atom. The largest absolute Gasteiger partial charge is 1.00 e. The van der Waals surface area contributed by atoms with Gasteiger partial charge >= 0.3 is 6.18 Å². The highest BCUT2D eigenvalue weighted by atomic mass is 127. The van der Waals surface area contributed by atoms with Gasteiger partial charge in [0.05, 0.1) is 37.8 Å². The second kappa shape index (κ2) is 11.5. The Bertz CT molecular complexity index is 1520. The van der Waals surface area contributed by atoms with Gasteiger partial charge in [0.25, 0.3) is 0 Å². The van der Waals surface area contributed by atoms with Crippen molar-refractivity contribution < 1.29 is 60.7 Å². The van der Waals surface area contributed by atoms with Gasteiger partial charge in [-0.3, -0.25) is 0 Å². The van der Waals surface area contributed by atoms with Gasteiger partial charge in [-0.2, -0.15) is 17.7 Å². The van der Waals surface area contributed by atoms with Gasteiger partial charge in [-0.25, -0.2) is 0 Å². The number of pyridine rings is 1. The van der Waals surface area contributed by atoms with Crippen LogP contribution in [0.25, 0.3) is 22.0 Å². The molecule has 0 aliphatic carbocycles. The van der Waals surface area contributed by atoms with Crippen molar-refractivity contribution in [3.63, 3.8) is 0 Å². The molecule has 206 valence electrons. The summed E-state index contributed by atoms with van der Waals surface area (Å²) in [6.45, 7) is 2.58. The predicted octanol–water partition coefficient (Wildman–Crippen LogP) is 3.54. The molecule has 1 aliphatic heterocycles. The third kappa shape index (κ3) is 5.20. The SMILES string of the molecule is CCc1c2[n+](cc3c(OCc4ccccc4C(F)(F)F)c(OC)ccc13)CCc1cc(OC)c(OC)cc1-2.[I-]. The number of benzene rings is 3. The van der Waals surface area contributed by atoms with E-state index in [4.69, 9.17) is 18.9 Å². The number of alkyl halides is 3. The molecule has 0 saturated heterocycles. The summed E-state index contributed by atoms with van der Waals surface area (Å²) in [6, 6.07) is 13.3. The molecular formula is C30H29F3INO4. The number of hydrogen-bond donors (Lipinski definition) is 0. The van der Waals surface area contributed by atoms with Gasteiger partial charge < -0.3 is 42.9 Å². The molecule has 2 heterocycles. The Kier molecular flexibility index (Phi) is 8.48. The maximum Gasteiger partial charge on any atom is 0.416 e. The molecule has 1 aromatic heterocycles. The molecular weight excluding hydrogens is 622 g/mol. The molecule has 3 aromatic carbocycles. The molecule has 0 amide bonds. The molecule has 5 rings (SSSR count). The van der Waals surface area contributed by atoms with Crippen LogP contribution in [-0.4, -0.2) is 21.3 Å². The standard InChI is InChI=1S/C30H29F3NO4.HI/c1-5-20-21-10-11-25(35-2)29(38-17-19-8-6-7-9-24(19)30(31,32)33)23(21)16-34-13-12-18-14-26(36-3)27(37-4)15-22(18)28(20)34;/h6-11,14-16H,5,12-13,17H2,1-4H3;1H/q+1;/p-1. The first kappa shape index (κ1) is 28.8. The van der Waals surface area contributed by atoms with Crippen LogP contribution in [0.15, 0.2) is 54.7 Å². The molecule has 0 radical (unpaired) electrons. The van der Waals surface area contributed by atoms with E-state index in [-0.39, 0.29) is 36.1 Å². The lowest BCUT2D eigenvalue weighted by molar-refractivity contribution is -0.686. The van der Waals surface area contributed by atoms with Gasteiger partial charge in [0.15, 0.2) is 35.7 Å². The van der Waals surface area contributed by atoms with E-state index in [1.54, 1.807) is 20.3 Å². The number of methoxy groups -OCH3 is 3. The Labute approximate surface area is 242 Å². The highest BCUT2D eigenvalue weighted by Gasteiger charge is 2.34. The quantitative estimate of drug-likeness (QED) is 0.227. The van der Waals surface area contributed by atoms with Gasteiger partial charge in [-0.1, -0.05) is 25.1 Å². The molecule has 39 heavy (non-hydrogen) atoms. The first-order valence-corrected chi connectivity index (χ1v) is 12.4. The summed E-state index contributed by atoms with van der Waals surface area (Å²) >= 11 is 0. The van der Waals surface area contributed by atoms with E-state index < -0.39 is 11.7 Å². The normalized spacial score (nSPS) is 12.3. The second-order valence-corrected chi connectivity index (χ2v) is 9.12. The van der Waals surface area contributed by atoms with E-state index >= 15 is 0 Å². The predicted molar refractivity (Wildman–Crippen MR) is 138 cm³/mol. The second-order valence-electron chi connectivity index (χ2n) is 9.12. The number of hydrogen-bond acceptors (Lipinski definition) is 4. The Morgan fingerprint density at radius 2 is 1.56 bits per heavy atom. The zero-order chi connectivity index (χ0) is 27.0. The average molecular weight is 651 g/mol. The smallest absolute Gasteiger partial charge is 0.416 e. The minimum atomic E-state index is -4.47. The summed E-state index contributed by atoms with van der Waals surface area (Å²) in [7, 11) is 4.78. The summed E-state index contributed by atoms with van der Waals surface area (Å²) in [4.78, 5) is 0. The Hall–Kier alpha value is -3.21. The van der Waals surface area contributed by atoms with Crippen molar-refractivity contribution in [2.75, 3.05) is 21.3 Å². The van der Waals surface area contributed by atoms with Crippen LogP contribution in [0, 0.1) is 0 Å². The van der Waals surface area contributed by atoms with Crippen molar-refractivity contribution in [3.05, 3.63) is 77.0 Å². The fraction of sp³-hybridized carbons (Fsp3) is 0.300. The Balaban J connectivity index is 0.00000353. The monoisotopic (exact) mass is 651 g/mol. The van der Waals surface area contributed by atoms with Crippen LogP contribution in [0.1, 0.15) is 29.2 Å². The molecule has 1 aliphatic rings. The van der Waals surface area contributed by atoms with E-state index in [9.17, 15) is 13.2 Å². The van der Waals surface area contributed by atoms with E-state index in [1.165, 1.54) is 24.8 Å². The molecule has 5 nitrogen and oxygen atoms in total. The number of aryl methyl sites for hydroxylation is 3. The molecule has 0 saturated carbocycles. The van der Waals surface area contributed by atoms with Crippen molar-refractivity contribution in [2.45, 2.75) is 39.1 Å². The third-order valence-electron chi connectivity index (χ3n) is 7.10. The van der Waals surface area contributed by atoms with Crippen LogP contribution in [-0.2, 0) is 32.2 Å². The number of ether oxygens (including phenoxy) is 4. The molecule has 0 bridgehead atoms. The van der Waals surface area contributed by atoms with E-state index in [2.05, 4.69) is 11.5 Å². The maximum absolute atomic E-state index is 13.6. The highest BCUT2D eigenvalue weighted by molar-refractivity contribution is 5.95. The van der Waals surface area contributed by atoms with Crippen molar-refractivity contribution >= 4 is 10.8 Å². The number of nitrogens with zero attached hydrogens (tertiary/aromatic N) is 1. The number of halogens is 4. The van der Waals surface area contributed by atoms with E-state index in [1.807, 2.05) is 30.5 Å². The van der Waals surface area contributed by atoms with Gasteiger partial charge in [0, 0.05) is 22.9 Å². The molecule has 0 atom stereocenters. The maximum atomic E-state index is 13.6. The molecule has 4 aromatic rings. The summed E-state index contributed by atoms with van der Waals surface area (Å²) in [5, 5.41) is 1.75. The summed E-state index contributed by atoms with van der Waals surface area (Å²) in [5.74, 6) is 2.24. The minimum absolute atomic E-state index is 0. The molecule has 0 unspecified atom stereocenters. The zero-order valence-corrected chi connectivity index (χ0v) is 24.3. The van der Waals surface area contributed by atoms with Crippen LogP contribution in [0.3, 0.4) is 0 Å². The van der Waals surface area contributed by atoms with Gasteiger partial charge in [-0.05, 0) is 42.3 Å². The van der Waals surface area contributed by atoms with Crippen molar-refractivity contribution in [2.24, 2.45) is 0 Å². The van der Waals surface area contributed by atoms with Crippen LogP contribution in [0.2, 0.25) is 0 Å². The lowest BCUT2D eigenvalue weighted by atomic mass is 9.90. The minimum Gasteiger partial charge on any atom is -1.00 e. The van der Waals surface area contributed by atoms with Crippen molar-refractivity contribution in [1.82, 2.24) is 0 Å². The number of fused-ring (bicyclic) bond motifs is 4. The molecule has 0 fully saturated rings. The highest BCUT2D eigenvalue weighted by Crippen LogP contribution is 2.43. The van der Waals surface area contributed by atoms with Crippen LogP contribution in [0.4, 0.5) is 13.2 Å². The lowest BCUT2D eigenvalue weighted by Gasteiger charge is -2.22. The van der Waals surface area contributed by atoms with Crippen molar-refractivity contribution in [1.29, 1.82) is 0 Å². The van der Waals surface area contributed by atoms with Gasteiger partial charge in [0.2, 0.25) is 5.69 Å².